The fourth-order valence-corrected chi connectivity index (χ4v) is 2.24. The Morgan fingerprint density at radius 3 is 2.32 bits per heavy atom. The predicted octanol–water partition coefficient (Wildman–Crippen LogP) is 3.65. The molecule has 0 unspecified atom stereocenters. The zero-order valence-electron chi connectivity index (χ0n) is 12.3. The van der Waals surface area contributed by atoms with E-state index in [4.69, 9.17) is 9.47 Å². The topological polar surface area (TPSA) is 52.6 Å². The van der Waals surface area contributed by atoms with E-state index in [9.17, 15) is 9.59 Å². The zero-order chi connectivity index (χ0) is 16.1. The van der Waals surface area contributed by atoms with E-state index in [0.29, 0.717) is 16.9 Å². The van der Waals surface area contributed by atoms with Crippen LogP contribution in [0.4, 0.5) is 0 Å². The number of Topliss-reactive ketones (excluding diaryl/α,β-unsaturated/α-hetero) is 1. The van der Waals surface area contributed by atoms with Crippen LogP contribution < -0.4 is 4.74 Å². The number of ether oxygens (including phenoxy) is 2. The minimum absolute atomic E-state index is 0.233. The van der Waals surface area contributed by atoms with Crippen molar-refractivity contribution in [3.63, 3.8) is 0 Å². The number of hydrogen-bond acceptors (Lipinski definition) is 4. The molecule has 0 aliphatic heterocycles. The minimum atomic E-state index is -0.544. The van der Waals surface area contributed by atoms with Crippen molar-refractivity contribution in [2.24, 2.45) is 0 Å². The molecule has 0 saturated carbocycles. The first-order valence-corrected chi connectivity index (χ1v) is 7.69. The number of rotatable bonds is 5. The molecule has 0 radical (unpaired) electrons. The SMILES string of the molecule is COc1cc(C(=O)OCC(=O)c2ccc(I)cc2)ccc1C. The molecule has 2 aromatic carbocycles. The summed E-state index contributed by atoms with van der Waals surface area (Å²) in [5.74, 6) is -0.167. The third-order valence-electron chi connectivity index (χ3n) is 3.14. The van der Waals surface area contributed by atoms with E-state index in [1.165, 1.54) is 7.11 Å². The maximum Gasteiger partial charge on any atom is 0.338 e. The maximum atomic E-state index is 12.0. The summed E-state index contributed by atoms with van der Waals surface area (Å²) in [6.07, 6.45) is 0. The van der Waals surface area contributed by atoms with Crippen molar-refractivity contribution in [1.82, 2.24) is 0 Å². The Labute approximate surface area is 142 Å². The van der Waals surface area contributed by atoms with E-state index in [2.05, 4.69) is 22.6 Å². The van der Waals surface area contributed by atoms with Crippen LogP contribution in [0.5, 0.6) is 5.75 Å². The minimum Gasteiger partial charge on any atom is -0.496 e. The van der Waals surface area contributed by atoms with Gasteiger partial charge in [0.15, 0.2) is 12.4 Å². The summed E-state index contributed by atoms with van der Waals surface area (Å²) in [5, 5.41) is 0. The zero-order valence-corrected chi connectivity index (χ0v) is 14.4. The van der Waals surface area contributed by atoms with E-state index in [1.54, 1.807) is 30.3 Å². The van der Waals surface area contributed by atoms with Gasteiger partial charge in [0.25, 0.3) is 0 Å². The van der Waals surface area contributed by atoms with E-state index >= 15 is 0 Å². The highest BCUT2D eigenvalue weighted by Crippen LogP contribution is 2.19. The molecule has 0 bridgehead atoms. The summed E-state index contributed by atoms with van der Waals surface area (Å²) in [7, 11) is 1.54. The van der Waals surface area contributed by atoms with E-state index in [1.807, 2.05) is 19.1 Å². The fraction of sp³-hybridized carbons (Fsp3) is 0.176. The molecule has 0 spiro atoms. The summed E-state index contributed by atoms with van der Waals surface area (Å²) in [6, 6.07) is 12.1. The predicted molar refractivity (Wildman–Crippen MR) is 91.5 cm³/mol. The van der Waals surface area contributed by atoms with Crippen LogP contribution >= 0.6 is 22.6 Å². The molecule has 0 aliphatic rings. The molecule has 5 heteroatoms. The van der Waals surface area contributed by atoms with Gasteiger partial charge in [0, 0.05) is 9.13 Å². The quantitative estimate of drug-likeness (QED) is 0.429. The Hall–Kier alpha value is -1.89. The highest BCUT2D eigenvalue weighted by atomic mass is 127. The lowest BCUT2D eigenvalue weighted by molar-refractivity contribution is 0.0474. The van der Waals surface area contributed by atoms with Gasteiger partial charge in [-0.25, -0.2) is 4.79 Å². The van der Waals surface area contributed by atoms with Crippen LogP contribution in [0, 0.1) is 10.5 Å². The van der Waals surface area contributed by atoms with Crippen molar-refractivity contribution in [2.45, 2.75) is 6.92 Å². The first-order chi connectivity index (χ1) is 10.5. The van der Waals surface area contributed by atoms with Gasteiger partial charge in [-0.1, -0.05) is 18.2 Å². The Bertz CT molecular complexity index is 692. The highest BCUT2D eigenvalue weighted by Gasteiger charge is 2.13. The van der Waals surface area contributed by atoms with Crippen LogP contribution in [0.25, 0.3) is 0 Å². The normalized spacial score (nSPS) is 10.1. The second kappa shape index (κ2) is 7.40. The number of ketones is 1. The lowest BCUT2D eigenvalue weighted by Crippen LogP contribution is -2.14. The summed E-state index contributed by atoms with van der Waals surface area (Å²) < 4.78 is 11.3. The van der Waals surface area contributed by atoms with Gasteiger partial charge in [-0.05, 0) is 59.3 Å². The molecule has 0 heterocycles. The average Bonchev–Trinajstić information content (AvgIpc) is 2.53. The molecule has 0 saturated heterocycles. The Kier molecular flexibility index (Phi) is 5.54. The third-order valence-corrected chi connectivity index (χ3v) is 3.86. The number of hydrogen-bond donors (Lipinski definition) is 0. The number of halogens is 1. The number of esters is 1. The van der Waals surface area contributed by atoms with Crippen molar-refractivity contribution in [3.8, 4) is 5.75 Å². The Morgan fingerprint density at radius 2 is 1.68 bits per heavy atom. The van der Waals surface area contributed by atoms with Crippen molar-refractivity contribution in [1.29, 1.82) is 0 Å². The van der Waals surface area contributed by atoms with E-state index < -0.39 is 5.97 Å². The number of benzene rings is 2. The molecule has 114 valence electrons. The van der Waals surface area contributed by atoms with Gasteiger partial charge < -0.3 is 9.47 Å². The maximum absolute atomic E-state index is 12.0. The standard InChI is InChI=1S/C17H15IO4/c1-11-3-4-13(9-16(11)21-2)17(20)22-10-15(19)12-5-7-14(18)8-6-12/h3-9H,10H2,1-2H3. The van der Waals surface area contributed by atoms with Gasteiger partial charge in [0.05, 0.1) is 12.7 Å². The van der Waals surface area contributed by atoms with Gasteiger partial charge >= 0.3 is 5.97 Å². The monoisotopic (exact) mass is 410 g/mol. The second-order valence-corrected chi connectivity index (χ2v) is 5.94. The lowest BCUT2D eigenvalue weighted by atomic mass is 10.1. The first kappa shape index (κ1) is 16.5. The van der Waals surface area contributed by atoms with Crippen LogP contribution in [-0.2, 0) is 4.74 Å². The summed E-state index contributed by atoms with van der Waals surface area (Å²) in [5.41, 5.74) is 1.81. The summed E-state index contributed by atoms with van der Waals surface area (Å²) >= 11 is 2.16. The molecule has 22 heavy (non-hydrogen) atoms. The lowest BCUT2D eigenvalue weighted by Gasteiger charge is -2.08. The van der Waals surface area contributed by atoms with Crippen molar-refractivity contribution in [2.75, 3.05) is 13.7 Å². The van der Waals surface area contributed by atoms with E-state index in [-0.39, 0.29) is 12.4 Å². The number of methoxy groups -OCH3 is 1. The molecule has 0 aromatic heterocycles. The van der Waals surface area contributed by atoms with E-state index in [0.717, 1.165) is 9.13 Å². The highest BCUT2D eigenvalue weighted by molar-refractivity contribution is 14.1. The van der Waals surface area contributed by atoms with Crippen molar-refractivity contribution < 1.29 is 19.1 Å². The fourth-order valence-electron chi connectivity index (χ4n) is 1.88. The molecule has 0 aliphatic carbocycles. The Morgan fingerprint density at radius 1 is 1.05 bits per heavy atom. The largest absolute Gasteiger partial charge is 0.496 e. The van der Waals surface area contributed by atoms with Gasteiger partial charge in [-0.15, -0.1) is 0 Å². The van der Waals surface area contributed by atoms with Gasteiger partial charge in [0.1, 0.15) is 5.75 Å². The molecule has 0 amide bonds. The average molecular weight is 410 g/mol. The second-order valence-electron chi connectivity index (χ2n) is 4.69. The molecule has 0 N–H and O–H groups in total. The van der Waals surface area contributed by atoms with Crippen LogP contribution in [-0.4, -0.2) is 25.5 Å². The van der Waals surface area contributed by atoms with Crippen LogP contribution in [0.2, 0.25) is 0 Å². The van der Waals surface area contributed by atoms with Crippen molar-refractivity contribution >= 4 is 34.3 Å². The summed E-state index contributed by atoms with van der Waals surface area (Å²) in [6.45, 7) is 1.60. The van der Waals surface area contributed by atoms with Crippen LogP contribution in [0.1, 0.15) is 26.3 Å². The van der Waals surface area contributed by atoms with Gasteiger partial charge in [-0.3, -0.25) is 4.79 Å². The van der Waals surface area contributed by atoms with Crippen LogP contribution in [0.3, 0.4) is 0 Å². The molecule has 4 nitrogen and oxygen atoms in total. The Balaban J connectivity index is 2.00. The van der Waals surface area contributed by atoms with Crippen molar-refractivity contribution in [3.05, 3.63) is 62.7 Å². The molecule has 2 rings (SSSR count). The molecular formula is C17H15IO4. The smallest absolute Gasteiger partial charge is 0.338 e. The molecule has 0 atom stereocenters. The van der Waals surface area contributed by atoms with Crippen LogP contribution in [0.15, 0.2) is 42.5 Å². The third kappa shape index (κ3) is 4.07. The first-order valence-electron chi connectivity index (χ1n) is 6.62. The molecule has 2 aromatic rings. The number of aryl methyl sites for hydroxylation is 1. The number of carbonyl (C=O) groups excluding carboxylic acids is 2. The summed E-state index contributed by atoms with van der Waals surface area (Å²) in [4.78, 5) is 23.9. The van der Waals surface area contributed by atoms with Gasteiger partial charge in [0.2, 0.25) is 0 Å². The molecule has 0 fully saturated rings. The van der Waals surface area contributed by atoms with Gasteiger partial charge in [-0.2, -0.15) is 0 Å². The molecular weight excluding hydrogens is 395 g/mol. The number of carbonyl (C=O) groups is 2.